The largest absolute Gasteiger partial charge is 0.480 e. The van der Waals surface area contributed by atoms with Gasteiger partial charge in [0.1, 0.15) is 6.54 Å². The second kappa shape index (κ2) is 4.89. The molecule has 0 unspecified atom stereocenters. The van der Waals surface area contributed by atoms with E-state index in [1.807, 2.05) is 6.92 Å². The number of aryl methyl sites for hydroxylation is 1. The highest BCUT2D eigenvalue weighted by Crippen LogP contribution is 2.12. The molecule has 0 saturated heterocycles. The maximum Gasteiger partial charge on any atom is 0.345 e. The van der Waals surface area contributed by atoms with Crippen LogP contribution in [0.2, 0.25) is 0 Å². The van der Waals surface area contributed by atoms with E-state index in [1.54, 1.807) is 24.3 Å². The van der Waals surface area contributed by atoms with Crippen LogP contribution in [0.1, 0.15) is 5.56 Å². The minimum absolute atomic E-state index is 0.0147. The zero-order valence-electron chi connectivity index (χ0n) is 10.1. The van der Waals surface area contributed by atoms with Crippen molar-refractivity contribution in [2.24, 2.45) is 0 Å². The van der Waals surface area contributed by atoms with Gasteiger partial charge >= 0.3 is 11.7 Å². The second-order valence-electron chi connectivity index (χ2n) is 4.03. The molecule has 2 N–H and O–H groups in total. The summed E-state index contributed by atoms with van der Waals surface area (Å²) in [5, 5.41) is 12.5. The Bertz CT molecular complexity index is 728. The highest BCUT2D eigenvalue weighted by Gasteiger charge is 2.10. The molecule has 0 aliphatic heterocycles. The van der Waals surface area contributed by atoms with E-state index in [0.29, 0.717) is 10.2 Å². The number of hydrogen-bond acceptors (Lipinski definition) is 4. The van der Waals surface area contributed by atoms with Gasteiger partial charge < -0.3 is 5.11 Å². The number of carboxylic acids is 1. The van der Waals surface area contributed by atoms with Gasteiger partial charge in [-0.25, -0.2) is 9.48 Å². The van der Waals surface area contributed by atoms with E-state index >= 15 is 0 Å². The van der Waals surface area contributed by atoms with Gasteiger partial charge in [0, 0.05) is 5.56 Å². The average Bonchev–Trinajstić information content (AvgIpc) is 2.33. The van der Waals surface area contributed by atoms with Crippen molar-refractivity contribution >= 4 is 5.97 Å². The number of benzene rings is 1. The summed E-state index contributed by atoms with van der Waals surface area (Å²) in [6, 6.07) is 6.96. The standard InChI is InChI=1S/C12H11N3O4/c1-7-2-4-8(5-3-7)10-11(18)13-12(19)15(14-10)6-9(16)17/h2-5H,6H2,1H3,(H,16,17)(H,13,18,19). The summed E-state index contributed by atoms with van der Waals surface area (Å²) in [7, 11) is 0. The summed E-state index contributed by atoms with van der Waals surface area (Å²) in [4.78, 5) is 35.7. The number of aliphatic carboxylic acids is 1. The molecule has 0 saturated carbocycles. The van der Waals surface area contributed by atoms with E-state index in [0.717, 1.165) is 5.56 Å². The Morgan fingerprint density at radius 3 is 2.53 bits per heavy atom. The quantitative estimate of drug-likeness (QED) is 0.808. The zero-order valence-corrected chi connectivity index (χ0v) is 10.1. The van der Waals surface area contributed by atoms with Crippen LogP contribution in [0, 0.1) is 6.92 Å². The summed E-state index contributed by atoms with van der Waals surface area (Å²) in [6.07, 6.45) is 0. The first kappa shape index (κ1) is 12.7. The van der Waals surface area contributed by atoms with Crippen LogP contribution in [-0.4, -0.2) is 25.8 Å². The van der Waals surface area contributed by atoms with Crippen LogP contribution in [0.5, 0.6) is 0 Å². The van der Waals surface area contributed by atoms with Gasteiger partial charge in [-0.05, 0) is 6.92 Å². The number of carbonyl (C=O) groups is 1. The topological polar surface area (TPSA) is 105 Å². The number of nitrogens with one attached hydrogen (secondary N) is 1. The van der Waals surface area contributed by atoms with Gasteiger partial charge in [-0.15, -0.1) is 0 Å². The Labute approximate surface area is 107 Å². The summed E-state index contributed by atoms with van der Waals surface area (Å²) in [6.45, 7) is 1.29. The molecule has 0 bridgehead atoms. The fraction of sp³-hybridized carbons (Fsp3) is 0.167. The molecule has 0 spiro atoms. The Morgan fingerprint density at radius 1 is 1.32 bits per heavy atom. The van der Waals surface area contributed by atoms with Gasteiger partial charge in [0.15, 0.2) is 5.69 Å². The smallest absolute Gasteiger partial charge is 0.345 e. The molecule has 0 aliphatic carbocycles. The molecular weight excluding hydrogens is 250 g/mol. The van der Waals surface area contributed by atoms with Crippen LogP contribution in [0.3, 0.4) is 0 Å². The van der Waals surface area contributed by atoms with Crippen molar-refractivity contribution in [1.82, 2.24) is 14.8 Å². The van der Waals surface area contributed by atoms with E-state index < -0.39 is 23.8 Å². The number of carboxylic acid groups (broad SMARTS) is 1. The first-order valence-electron chi connectivity index (χ1n) is 5.47. The number of rotatable bonds is 3. The number of H-pyrrole nitrogens is 1. The molecule has 0 atom stereocenters. The lowest BCUT2D eigenvalue weighted by Crippen LogP contribution is -2.35. The molecule has 1 heterocycles. The number of hydrogen-bond donors (Lipinski definition) is 2. The van der Waals surface area contributed by atoms with Crippen molar-refractivity contribution < 1.29 is 9.90 Å². The predicted molar refractivity (Wildman–Crippen MR) is 66.9 cm³/mol. The fourth-order valence-electron chi connectivity index (χ4n) is 1.57. The van der Waals surface area contributed by atoms with E-state index in [-0.39, 0.29) is 5.69 Å². The third-order valence-electron chi connectivity index (χ3n) is 2.50. The Morgan fingerprint density at radius 2 is 1.95 bits per heavy atom. The van der Waals surface area contributed by atoms with Gasteiger partial charge in [-0.2, -0.15) is 5.10 Å². The molecule has 1 aromatic heterocycles. The maximum atomic E-state index is 11.7. The highest BCUT2D eigenvalue weighted by atomic mass is 16.4. The molecule has 0 radical (unpaired) electrons. The molecule has 2 rings (SSSR count). The third kappa shape index (κ3) is 2.76. The first-order valence-corrected chi connectivity index (χ1v) is 5.47. The number of aromatic amines is 1. The average molecular weight is 261 g/mol. The molecule has 2 aromatic rings. The van der Waals surface area contributed by atoms with E-state index in [9.17, 15) is 14.4 Å². The van der Waals surface area contributed by atoms with E-state index in [4.69, 9.17) is 5.11 Å². The van der Waals surface area contributed by atoms with Crippen LogP contribution in [-0.2, 0) is 11.3 Å². The highest BCUT2D eigenvalue weighted by molar-refractivity contribution is 5.66. The minimum atomic E-state index is -1.21. The van der Waals surface area contributed by atoms with Gasteiger partial charge in [-0.1, -0.05) is 29.8 Å². The van der Waals surface area contributed by atoms with Crippen molar-refractivity contribution in [2.45, 2.75) is 13.5 Å². The Balaban J connectivity index is 2.57. The van der Waals surface area contributed by atoms with Crippen molar-refractivity contribution in [3.8, 4) is 11.3 Å². The lowest BCUT2D eigenvalue weighted by molar-refractivity contribution is -0.138. The van der Waals surface area contributed by atoms with E-state index in [2.05, 4.69) is 10.1 Å². The zero-order chi connectivity index (χ0) is 14.0. The molecule has 0 amide bonds. The fourth-order valence-corrected chi connectivity index (χ4v) is 1.57. The lowest BCUT2D eigenvalue weighted by Gasteiger charge is -2.04. The van der Waals surface area contributed by atoms with Crippen LogP contribution >= 0.6 is 0 Å². The van der Waals surface area contributed by atoms with Crippen LogP contribution < -0.4 is 11.2 Å². The minimum Gasteiger partial charge on any atom is -0.480 e. The third-order valence-corrected chi connectivity index (χ3v) is 2.50. The van der Waals surface area contributed by atoms with Crippen molar-refractivity contribution in [3.05, 3.63) is 50.7 Å². The summed E-state index contributed by atoms with van der Waals surface area (Å²) < 4.78 is 0.707. The van der Waals surface area contributed by atoms with Gasteiger partial charge in [-0.3, -0.25) is 14.6 Å². The number of nitrogens with zero attached hydrogens (tertiary/aromatic N) is 2. The van der Waals surface area contributed by atoms with Gasteiger partial charge in [0.25, 0.3) is 5.56 Å². The van der Waals surface area contributed by atoms with Gasteiger partial charge in [0.05, 0.1) is 0 Å². The second-order valence-corrected chi connectivity index (χ2v) is 4.03. The van der Waals surface area contributed by atoms with E-state index in [1.165, 1.54) is 0 Å². The SMILES string of the molecule is Cc1ccc(-c2nn(CC(=O)O)c(=O)[nH]c2=O)cc1. The Hall–Kier alpha value is -2.70. The first-order chi connectivity index (χ1) is 8.97. The molecule has 19 heavy (non-hydrogen) atoms. The van der Waals surface area contributed by atoms with Crippen molar-refractivity contribution in [2.75, 3.05) is 0 Å². The van der Waals surface area contributed by atoms with Gasteiger partial charge in [0.2, 0.25) is 0 Å². The number of aromatic nitrogens is 3. The summed E-state index contributed by atoms with van der Waals surface area (Å²) >= 11 is 0. The van der Waals surface area contributed by atoms with Crippen LogP contribution in [0.25, 0.3) is 11.3 Å². The summed E-state index contributed by atoms with van der Waals surface area (Å²) in [5.41, 5.74) is 0.0598. The predicted octanol–water partition coefficient (Wildman–Crippen LogP) is -0.00838. The van der Waals surface area contributed by atoms with Crippen molar-refractivity contribution in [1.29, 1.82) is 0 Å². The molecule has 1 aromatic carbocycles. The molecule has 7 heteroatoms. The molecule has 0 aliphatic rings. The molecule has 7 nitrogen and oxygen atoms in total. The molecule has 0 fully saturated rings. The summed E-state index contributed by atoms with van der Waals surface area (Å²) in [5.74, 6) is -1.21. The normalized spacial score (nSPS) is 10.4. The Kier molecular flexibility index (Phi) is 3.28. The molecule has 98 valence electrons. The monoisotopic (exact) mass is 261 g/mol. The molecular formula is C12H11N3O4. The lowest BCUT2D eigenvalue weighted by atomic mass is 10.1. The van der Waals surface area contributed by atoms with Crippen molar-refractivity contribution in [3.63, 3.8) is 0 Å². The maximum absolute atomic E-state index is 11.7. The van der Waals surface area contributed by atoms with Crippen LogP contribution in [0.4, 0.5) is 0 Å². The van der Waals surface area contributed by atoms with Crippen LogP contribution in [0.15, 0.2) is 33.9 Å².